The molecule has 1 aromatic carbocycles. The highest BCUT2D eigenvalue weighted by molar-refractivity contribution is 9.10. The molecule has 0 aliphatic heterocycles. The number of halogens is 2. The summed E-state index contributed by atoms with van der Waals surface area (Å²) in [6.07, 6.45) is 0.472. The van der Waals surface area contributed by atoms with E-state index in [0.29, 0.717) is 19.5 Å². The summed E-state index contributed by atoms with van der Waals surface area (Å²) in [7, 11) is 1.89. The van der Waals surface area contributed by atoms with Crippen molar-refractivity contribution in [2.24, 2.45) is 10.9 Å². The number of nitrogens with two attached hydrogens (primary N) is 1. The molecule has 17 heavy (non-hydrogen) atoms. The Hall–Kier alpha value is -1.14. The van der Waals surface area contributed by atoms with Crippen molar-refractivity contribution in [3.63, 3.8) is 0 Å². The van der Waals surface area contributed by atoms with Crippen LogP contribution in [0.25, 0.3) is 0 Å². The van der Waals surface area contributed by atoms with Gasteiger partial charge in [0.2, 0.25) is 0 Å². The Balaban J connectivity index is 2.55. The molecule has 0 aliphatic rings. The molecule has 0 aliphatic carbocycles. The fraction of sp³-hybridized carbons (Fsp3) is 0.364. The van der Waals surface area contributed by atoms with Gasteiger partial charge in [-0.05, 0) is 30.8 Å². The minimum Gasteiger partial charge on any atom is -0.409 e. The van der Waals surface area contributed by atoms with Crippen LogP contribution in [0.5, 0.6) is 0 Å². The predicted octanol–water partition coefficient (Wildman–Crippen LogP) is 2.16. The van der Waals surface area contributed by atoms with E-state index in [-0.39, 0.29) is 11.7 Å². The molecule has 4 nitrogen and oxygen atoms in total. The van der Waals surface area contributed by atoms with Crippen LogP contribution in [0.3, 0.4) is 0 Å². The van der Waals surface area contributed by atoms with Crippen molar-refractivity contribution in [1.29, 1.82) is 0 Å². The summed E-state index contributed by atoms with van der Waals surface area (Å²) < 4.78 is 13.9. The van der Waals surface area contributed by atoms with E-state index in [1.807, 2.05) is 11.9 Å². The second kappa shape index (κ2) is 6.56. The van der Waals surface area contributed by atoms with Crippen LogP contribution in [0.15, 0.2) is 27.8 Å². The van der Waals surface area contributed by atoms with Crippen molar-refractivity contribution < 1.29 is 9.60 Å². The summed E-state index contributed by atoms with van der Waals surface area (Å²) >= 11 is 3.37. The summed E-state index contributed by atoms with van der Waals surface area (Å²) in [4.78, 5) is 1.97. The predicted molar refractivity (Wildman–Crippen MR) is 68.5 cm³/mol. The van der Waals surface area contributed by atoms with Crippen LogP contribution in [0.2, 0.25) is 0 Å². The van der Waals surface area contributed by atoms with Crippen molar-refractivity contribution in [1.82, 2.24) is 4.90 Å². The summed E-state index contributed by atoms with van der Waals surface area (Å²) in [5.41, 5.74) is 6.24. The summed E-state index contributed by atoms with van der Waals surface area (Å²) in [5, 5.41) is 11.3. The molecule has 0 amide bonds. The summed E-state index contributed by atoms with van der Waals surface area (Å²) in [6.45, 7) is 1.23. The molecule has 0 aromatic heterocycles. The highest BCUT2D eigenvalue weighted by Crippen LogP contribution is 2.19. The number of nitrogens with zero attached hydrogens (tertiary/aromatic N) is 2. The molecular formula is C11H15BrFN3O. The van der Waals surface area contributed by atoms with Crippen molar-refractivity contribution in [2.45, 2.75) is 13.0 Å². The lowest BCUT2D eigenvalue weighted by Crippen LogP contribution is -2.24. The van der Waals surface area contributed by atoms with E-state index < -0.39 is 0 Å². The number of amidine groups is 1. The van der Waals surface area contributed by atoms with Crippen LogP contribution in [0, 0.1) is 5.82 Å². The molecule has 0 heterocycles. The molecule has 0 bridgehead atoms. The number of benzene rings is 1. The van der Waals surface area contributed by atoms with Gasteiger partial charge in [-0.25, -0.2) is 4.39 Å². The molecule has 0 spiro atoms. The van der Waals surface area contributed by atoms with Crippen LogP contribution in [-0.2, 0) is 6.54 Å². The zero-order valence-electron chi connectivity index (χ0n) is 9.53. The number of hydrogen-bond donors (Lipinski definition) is 2. The molecule has 3 N–H and O–H groups in total. The average Bonchev–Trinajstić information content (AvgIpc) is 2.30. The molecule has 94 valence electrons. The summed E-state index contributed by atoms with van der Waals surface area (Å²) in [6, 6.07) is 4.58. The Bertz CT molecular complexity index is 412. The van der Waals surface area contributed by atoms with Crippen LogP contribution < -0.4 is 5.73 Å². The maximum atomic E-state index is 13.1. The fourth-order valence-corrected chi connectivity index (χ4v) is 1.76. The van der Waals surface area contributed by atoms with Gasteiger partial charge in [0, 0.05) is 24.0 Å². The smallest absolute Gasteiger partial charge is 0.140 e. The lowest BCUT2D eigenvalue weighted by molar-refractivity contribution is 0.309. The molecule has 0 fully saturated rings. The Labute approximate surface area is 108 Å². The number of oxime groups is 1. The van der Waals surface area contributed by atoms with Gasteiger partial charge in [-0.3, -0.25) is 0 Å². The van der Waals surface area contributed by atoms with E-state index in [1.165, 1.54) is 12.1 Å². The van der Waals surface area contributed by atoms with Gasteiger partial charge in [-0.15, -0.1) is 0 Å². The van der Waals surface area contributed by atoms with Gasteiger partial charge >= 0.3 is 0 Å². The lowest BCUT2D eigenvalue weighted by Gasteiger charge is -2.17. The first-order valence-corrected chi connectivity index (χ1v) is 5.91. The van der Waals surface area contributed by atoms with Crippen LogP contribution in [-0.4, -0.2) is 29.5 Å². The zero-order valence-corrected chi connectivity index (χ0v) is 11.1. The first-order valence-electron chi connectivity index (χ1n) is 5.12. The largest absolute Gasteiger partial charge is 0.409 e. The highest BCUT2D eigenvalue weighted by Gasteiger charge is 2.06. The highest BCUT2D eigenvalue weighted by atomic mass is 79.9. The second-order valence-corrected chi connectivity index (χ2v) is 4.67. The third-order valence-corrected chi connectivity index (χ3v) is 3.10. The van der Waals surface area contributed by atoms with Crippen molar-refractivity contribution >= 4 is 21.8 Å². The third-order valence-electron chi connectivity index (χ3n) is 2.33. The van der Waals surface area contributed by atoms with Crippen molar-refractivity contribution in [3.8, 4) is 0 Å². The minimum absolute atomic E-state index is 0.190. The van der Waals surface area contributed by atoms with Gasteiger partial charge in [-0.1, -0.05) is 21.1 Å². The number of hydrogen-bond acceptors (Lipinski definition) is 3. The molecule has 1 rings (SSSR count). The second-order valence-electron chi connectivity index (χ2n) is 3.81. The Kier molecular flexibility index (Phi) is 5.37. The van der Waals surface area contributed by atoms with Crippen molar-refractivity contribution in [2.75, 3.05) is 13.6 Å². The summed E-state index contributed by atoms with van der Waals surface area (Å²) in [5.74, 6) is -0.0665. The van der Waals surface area contributed by atoms with E-state index in [4.69, 9.17) is 10.9 Å². The molecule has 0 unspecified atom stereocenters. The Morgan fingerprint density at radius 2 is 2.29 bits per heavy atom. The van der Waals surface area contributed by atoms with Crippen molar-refractivity contribution in [3.05, 3.63) is 34.1 Å². The molecule has 0 atom stereocenters. The quantitative estimate of drug-likeness (QED) is 0.379. The maximum absolute atomic E-state index is 13.1. The number of rotatable bonds is 5. The minimum atomic E-state index is -0.256. The van der Waals surface area contributed by atoms with Gasteiger partial charge in [-0.2, -0.15) is 0 Å². The van der Waals surface area contributed by atoms with Gasteiger partial charge in [0.1, 0.15) is 11.7 Å². The van der Waals surface area contributed by atoms with Gasteiger partial charge in [0.15, 0.2) is 0 Å². The van der Waals surface area contributed by atoms with Gasteiger partial charge < -0.3 is 15.8 Å². The fourth-order valence-electron chi connectivity index (χ4n) is 1.39. The van der Waals surface area contributed by atoms with E-state index in [0.717, 1.165) is 10.0 Å². The standard InChI is InChI=1S/C11H15BrFN3O/c1-16(5-4-11(14)15-17)7-8-6-9(13)2-3-10(8)12/h2-3,6,17H,4-5,7H2,1H3,(H2,14,15). The molecule has 1 aromatic rings. The topological polar surface area (TPSA) is 61.8 Å². The van der Waals surface area contributed by atoms with Gasteiger partial charge in [0.05, 0.1) is 0 Å². The first kappa shape index (κ1) is 13.9. The molecule has 0 saturated carbocycles. The monoisotopic (exact) mass is 303 g/mol. The van der Waals surface area contributed by atoms with Crippen LogP contribution >= 0.6 is 15.9 Å². The first-order chi connectivity index (χ1) is 8.02. The molecule has 0 saturated heterocycles. The zero-order chi connectivity index (χ0) is 12.8. The average molecular weight is 304 g/mol. The lowest BCUT2D eigenvalue weighted by atomic mass is 10.2. The van der Waals surface area contributed by atoms with E-state index >= 15 is 0 Å². The Morgan fingerprint density at radius 1 is 1.59 bits per heavy atom. The third kappa shape index (κ3) is 4.70. The van der Waals surface area contributed by atoms with E-state index in [2.05, 4.69) is 21.1 Å². The SMILES string of the molecule is CN(CC/C(N)=N/O)Cc1cc(F)ccc1Br. The van der Waals surface area contributed by atoms with Crippen LogP contribution in [0.1, 0.15) is 12.0 Å². The maximum Gasteiger partial charge on any atom is 0.140 e. The molecular weight excluding hydrogens is 289 g/mol. The Morgan fingerprint density at radius 3 is 2.94 bits per heavy atom. The molecule has 0 radical (unpaired) electrons. The molecule has 6 heteroatoms. The van der Waals surface area contributed by atoms with E-state index in [1.54, 1.807) is 6.07 Å². The normalized spacial score (nSPS) is 12.1. The van der Waals surface area contributed by atoms with E-state index in [9.17, 15) is 4.39 Å². The van der Waals surface area contributed by atoms with Crippen LogP contribution in [0.4, 0.5) is 4.39 Å². The van der Waals surface area contributed by atoms with Gasteiger partial charge in [0.25, 0.3) is 0 Å².